The van der Waals surface area contributed by atoms with Crippen LogP contribution in [-0.4, -0.2) is 57.5 Å². The lowest BCUT2D eigenvalue weighted by molar-refractivity contribution is -0.119. The molecule has 2 saturated heterocycles. The number of hydrogen-bond donors (Lipinski definition) is 1. The summed E-state index contributed by atoms with van der Waals surface area (Å²) in [7, 11) is 0. The first kappa shape index (κ1) is 18.2. The van der Waals surface area contributed by atoms with Crippen LogP contribution < -0.4 is 9.80 Å². The van der Waals surface area contributed by atoms with Gasteiger partial charge < -0.3 is 14.5 Å². The molecule has 0 aliphatic carbocycles. The van der Waals surface area contributed by atoms with Crippen LogP contribution in [0.4, 0.5) is 11.5 Å². The third kappa shape index (κ3) is 2.90. The summed E-state index contributed by atoms with van der Waals surface area (Å²) in [6.07, 6.45) is 4.58. The Morgan fingerprint density at radius 3 is 2.83 bits per heavy atom. The molecular formula is C21H26N6O2. The molecule has 2 aliphatic heterocycles. The third-order valence-corrected chi connectivity index (χ3v) is 6.05. The Morgan fingerprint density at radius 2 is 2.14 bits per heavy atom. The molecule has 0 bridgehead atoms. The van der Waals surface area contributed by atoms with E-state index in [1.54, 1.807) is 6.20 Å². The van der Waals surface area contributed by atoms with Crippen LogP contribution >= 0.6 is 0 Å². The molecule has 0 spiro atoms. The van der Waals surface area contributed by atoms with Crippen molar-refractivity contribution in [2.45, 2.75) is 32.7 Å². The number of rotatable bonds is 3. The minimum atomic E-state index is -0.177. The number of fused-ring (bicyclic) bond motifs is 1. The van der Waals surface area contributed by atoms with Crippen molar-refractivity contribution >= 4 is 28.4 Å². The maximum Gasteiger partial charge on any atom is 0.229 e. The number of ether oxygens (including phenoxy) is 1. The normalized spacial score (nSPS) is 22.0. The zero-order valence-electron chi connectivity index (χ0n) is 17.1. The molecule has 152 valence electrons. The van der Waals surface area contributed by atoms with Crippen LogP contribution in [-0.2, 0) is 9.53 Å². The monoisotopic (exact) mass is 394 g/mol. The van der Waals surface area contributed by atoms with Gasteiger partial charge in [-0.05, 0) is 26.3 Å². The number of nitrogens with zero attached hydrogens (tertiary/aromatic N) is 5. The number of amides is 1. The fourth-order valence-corrected chi connectivity index (χ4v) is 4.36. The maximum absolute atomic E-state index is 12.8. The van der Waals surface area contributed by atoms with Crippen LogP contribution in [0.2, 0.25) is 0 Å². The summed E-state index contributed by atoms with van der Waals surface area (Å²) in [4.78, 5) is 22.1. The van der Waals surface area contributed by atoms with Crippen molar-refractivity contribution in [2.24, 2.45) is 5.92 Å². The Balaban J connectivity index is 1.71. The Labute approximate surface area is 169 Å². The SMILES string of the molecule is CC1CCN(c2cc(N3CCOCC3(C)C)nc3c2ccn3-c2ccn[nH]2)C1=O. The van der Waals surface area contributed by atoms with Gasteiger partial charge in [-0.1, -0.05) is 6.92 Å². The predicted octanol–water partition coefficient (Wildman–Crippen LogP) is 2.74. The summed E-state index contributed by atoms with van der Waals surface area (Å²) in [6.45, 7) is 9.13. The van der Waals surface area contributed by atoms with Crippen LogP contribution in [0.5, 0.6) is 0 Å². The van der Waals surface area contributed by atoms with Crippen LogP contribution in [0, 0.1) is 5.92 Å². The van der Waals surface area contributed by atoms with E-state index in [-0.39, 0.29) is 17.4 Å². The van der Waals surface area contributed by atoms with Crippen molar-refractivity contribution in [2.75, 3.05) is 36.1 Å². The van der Waals surface area contributed by atoms with Gasteiger partial charge in [0.05, 0.1) is 30.6 Å². The van der Waals surface area contributed by atoms with Crippen molar-refractivity contribution in [3.63, 3.8) is 0 Å². The average molecular weight is 394 g/mol. The molecule has 8 heteroatoms. The van der Waals surface area contributed by atoms with Gasteiger partial charge in [-0.15, -0.1) is 0 Å². The van der Waals surface area contributed by atoms with Crippen molar-refractivity contribution < 1.29 is 9.53 Å². The Kier molecular flexibility index (Phi) is 4.13. The number of pyridine rings is 1. The highest BCUT2D eigenvalue weighted by molar-refractivity contribution is 6.05. The van der Waals surface area contributed by atoms with E-state index in [2.05, 4.69) is 35.0 Å². The van der Waals surface area contributed by atoms with Crippen LogP contribution in [0.15, 0.2) is 30.6 Å². The molecule has 29 heavy (non-hydrogen) atoms. The van der Waals surface area contributed by atoms with Gasteiger partial charge in [-0.2, -0.15) is 5.10 Å². The van der Waals surface area contributed by atoms with E-state index in [1.807, 2.05) is 34.7 Å². The number of H-pyrrole nitrogens is 1. The van der Waals surface area contributed by atoms with E-state index in [9.17, 15) is 4.79 Å². The summed E-state index contributed by atoms with van der Waals surface area (Å²) in [5.74, 6) is 1.95. The number of aromatic nitrogens is 4. The molecule has 1 atom stereocenters. The molecule has 0 saturated carbocycles. The summed E-state index contributed by atoms with van der Waals surface area (Å²) in [5.41, 5.74) is 1.57. The molecule has 2 fully saturated rings. The van der Waals surface area contributed by atoms with Gasteiger partial charge in [0.25, 0.3) is 0 Å². The Morgan fingerprint density at radius 1 is 1.28 bits per heavy atom. The largest absolute Gasteiger partial charge is 0.377 e. The number of nitrogens with one attached hydrogen (secondary N) is 1. The molecule has 8 nitrogen and oxygen atoms in total. The summed E-state index contributed by atoms with van der Waals surface area (Å²) in [5, 5.41) is 8.06. The lowest BCUT2D eigenvalue weighted by Gasteiger charge is -2.43. The minimum Gasteiger partial charge on any atom is -0.377 e. The van der Waals surface area contributed by atoms with Gasteiger partial charge in [-0.3, -0.25) is 14.5 Å². The fourth-order valence-electron chi connectivity index (χ4n) is 4.36. The molecule has 5 rings (SSSR count). The van der Waals surface area contributed by atoms with E-state index < -0.39 is 0 Å². The molecule has 3 aromatic heterocycles. The van der Waals surface area contributed by atoms with Crippen LogP contribution in [0.25, 0.3) is 16.9 Å². The van der Waals surface area contributed by atoms with Gasteiger partial charge in [0.2, 0.25) is 5.91 Å². The number of aromatic amines is 1. The van der Waals surface area contributed by atoms with E-state index in [1.165, 1.54) is 0 Å². The fraction of sp³-hybridized carbons (Fsp3) is 0.476. The second-order valence-corrected chi connectivity index (χ2v) is 8.56. The first-order chi connectivity index (χ1) is 14.0. The van der Waals surface area contributed by atoms with E-state index in [0.29, 0.717) is 13.2 Å². The first-order valence-corrected chi connectivity index (χ1v) is 10.1. The smallest absolute Gasteiger partial charge is 0.229 e. The number of carbonyl (C=O) groups is 1. The number of morpholine rings is 1. The van der Waals surface area contributed by atoms with Gasteiger partial charge in [-0.25, -0.2) is 4.98 Å². The number of carbonyl (C=O) groups excluding carboxylic acids is 1. The molecule has 1 amide bonds. The summed E-state index contributed by atoms with van der Waals surface area (Å²) < 4.78 is 7.69. The van der Waals surface area contributed by atoms with Crippen molar-refractivity contribution in [1.29, 1.82) is 0 Å². The molecule has 5 heterocycles. The second-order valence-electron chi connectivity index (χ2n) is 8.56. The Bertz CT molecular complexity index is 1050. The lowest BCUT2D eigenvalue weighted by atomic mass is 10.0. The van der Waals surface area contributed by atoms with Gasteiger partial charge >= 0.3 is 0 Å². The molecule has 1 unspecified atom stereocenters. The summed E-state index contributed by atoms with van der Waals surface area (Å²) in [6, 6.07) is 6.01. The third-order valence-electron chi connectivity index (χ3n) is 6.05. The van der Waals surface area contributed by atoms with E-state index in [0.717, 1.165) is 47.9 Å². The highest BCUT2D eigenvalue weighted by Crippen LogP contribution is 2.37. The topological polar surface area (TPSA) is 79.3 Å². The maximum atomic E-state index is 12.8. The lowest BCUT2D eigenvalue weighted by Crippen LogP contribution is -2.53. The number of hydrogen-bond acceptors (Lipinski definition) is 5. The first-order valence-electron chi connectivity index (χ1n) is 10.1. The van der Waals surface area contributed by atoms with Gasteiger partial charge in [0, 0.05) is 42.7 Å². The molecule has 1 N–H and O–H groups in total. The zero-order valence-corrected chi connectivity index (χ0v) is 17.1. The molecule has 2 aliphatic rings. The molecule has 3 aromatic rings. The van der Waals surface area contributed by atoms with Crippen molar-refractivity contribution in [3.05, 3.63) is 30.6 Å². The van der Waals surface area contributed by atoms with Crippen molar-refractivity contribution in [1.82, 2.24) is 19.7 Å². The predicted molar refractivity (Wildman–Crippen MR) is 112 cm³/mol. The summed E-state index contributed by atoms with van der Waals surface area (Å²) >= 11 is 0. The van der Waals surface area contributed by atoms with E-state index in [4.69, 9.17) is 9.72 Å². The van der Waals surface area contributed by atoms with Crippen molar-refractivity contribution in [3.8, 4) is 5.82 Å². The van der Waals surface area contributed by atoms with E-state index >= 15 is 0 Å². The van der Waals surface area contributed by atoms with Crippen LogP contribution in [0.1, 0.15) is 27.2 Å². The second kappa shape index (κ2) is 6.59. The molecular weight excluding hydrogens is 368 g/mol. The van der Waals surface area contributed by atoms with Gasteiger partial charge in [0.15, 0.2) is 0 Å². The quantitative estimate of drug-likeness (QED) is 0.739. The standard InChI is InChI=1S/C21H26N6O2/c1-14-5-8-25(20(14)28)16-12-18(27-10-11-29-13-21(27,2)3)23-19-15(16)6-9-26(19)17-4-7-22-24-17/h4,6-7,9,12,14H,5,8,10-11,13H2,1-3H3,(H,22,24). The molecule has 0 radical (unpaired) electrons. The van der Waals surface area contributed by atoms with Crippen LogP contribution in [0.3, 0.4) is 0 Å². The molecule has 0 aromatic carbocycles. The Hall–Kier alpha value is -2.87. The highest BCUT2D eigenvalue weighted by Gasteiger charge is 2.35. The number of anilines is 2. The highest BCUT2D eigenvalue weighted by atomic mass is 16.5. The minimum absolute atomic E-state index is 0.0520. The average Bonchev–Trinajstić information content (AvgIpc) is 3.42. The zero-order chi connectivity index (χ0) is 20.2. The van der Waals surface area contributed by atoms with Gasteiger partial charge in [0.1, 0.15) is 17.3 Å².